The number of hydrogen-bond donors (Lipinski definition) is 1. The fourth-order valence-electron chi connectivity index (χ4n) is 1.35. The predicted molar refractivity (Wildman–Crippen MR) is 64.8 cm³/mol. The van der Waals surface area contributed by atoms with Crippen LogP contribution in [0.2, 0.25) is 0 Å². The first-order valence-corrected chi connectivity index (χ1v) is 6.54. The van der Waals surface area contributed by atoms with Crippen molar-refractivity contribution in [2.24, 2.45) is 0 Å². The summed E-state index contributed by atoms with van der Waals surface area (Å²) < 4.78 is 11.7. The second-order valence-electron chi connectivity index (χ2n) is 3.91. The number of benzene rings is 1. The fourth-order valence-corrected chi connectivity index (χ4v) is 2.28. The largest absolute Gasteiger partial charge is 0.481 e. The summed E-state index contributed by atoms with van der Waals surface area (Å²) in [5.74, 6) is -0.427. The molecular formula is C12H16O3S. The molecule has 16 heavy (non-hydrogen) atoms. The van der Waals surface area contributed by atoms with E-state index in [2.05, 4.69) is 0 Å². The lowest BCUT2D eigenvalue weighted by atomic mass is 10.1. The van der Waals surface area contributed by atoms with E-state index in [1.54, 1.807) is 12.1 Å². The van der Waals surface area contributed by atoms with Crippen LogP contribution in [-0.4, -0.2) is 20.5 Å². The van der Waals surface area contributed by atoms with Crippen LogP contribution in [0.15, 0.2) is 24.3 Å². The van der Waals surface area contributed by atoms with Crippen molar-refractivity contribution in [3.8, 4) is 0 Å². The zero-order chi connectivity index (χ0) is 12.1. The third-order valence-electron chi connectivity index (χ3n) is 2.28. The molecule has 1 rings (SSSR count). The van der Waals surface area contributed by atoms with E-state index in [0.29, 0.717) is 5.75 Å². The van der Waals surface area contributed by atoms with Crippen LogP contribution in [0.4, 0.5) is 0 Å². The number of carboxylic acids is 1. The highest BCUT2D eigenvalue weighted by molar-refractivity contribution is 7.84. The summed E-state index contributed by atoms with van der Waals surface area (Å²) in [5.41, 5.74) is 1.63. The number of rotatable bonds is 5. The molecule has 1 N–H and O–H groups in total. The van der Waals surface area contributed by atoms with Gasteiger partial charge in [0.2, 0.25) is 0 Å². The van der Waals surface area contributed by atoms with Gasteiger partial charge in [-0.05, 0) is 11.1 Å². The van der Waals surface area contributed by atoms with Gasteiger partial charge >= 0.3 is 5.97 Å². The van der Waals surface area contributed by atoms with Gasteiger partial charge in [-0.2, -0.15) is 0 Å². The van der Waals surface area contributed by atoms with Crippen LogP contribution in [0, 0.1) is 0 Å². The molecule has 0 amide bonds. The lowest BCUT2D eigenvalue weighted by Gasteiger charge is -2.09. The number of hydrogen-bond acceptors (Lipinski definition) is 2. The Balaban J connectivity index is 2.86. The van der Waals surface area contributed by atoms with Gasteiger partial charge in [-0.15, -0.1) is 0 Å². The predicted octanol–water partition coefficient (Wildman–Crippen LogP) is 1.97. The maximum absolute atomic E-state index is 11.7. The molecule has 1 atom stereocenters. The molecule has 0 bridgehead atoms. The van der Waals surface area contributed by atoms with E-state index in [1.165, 1.54) is 0 Å². The molecule has 0 spiro atoms. The molecule has 0 heterocycles. The average Bonchev–Trinajstić information content (AvgIpc) is 2.20. The molecule has 1 aromatic rings. The van der Waals surface area contributed by atoms with E-state index >= 15 is 0 Å². The Kier molecular flexibility index (Phi) is 4.68. The molecule has 1 aromatic carbocycles. The molecule has 88 valence electrons. The third-order valence-corrected chi connectivity index (χ3v) is 3.93. The molecule has 0 saturated carbocycles. The molecule has 0 fully saturated rings. The summed E-state index contributed by atoms with van der Waals surface area (Å²) in [5, 5.41) is 8.85. The first-order valence-electron chi connectivity index (χ1n) is 5.16. The molecule has 0 radical (unpaired) electrons. The Hall–Kier alpha value is -1.16. The maximum atomic E-state index is 11.7. The van der Waals surface area contributed by atoms with E-state index in [1.807, 2.05) is 26.0 Å². The van der Waals surface area contributed by atoms with Crippen molar-refractivity contribution in [3.05, 3.63) is 35.4 Å². The quantitative estimate of drug-likeness (QED) is 0.856. The van der Waals surface area contributed by atoms with Crippen molar-refractivity contribution in [2.45, 2.75) is 31.3 Å². The Morgan fingerprint density at radius 2 is 1.88 bits per heavy atom. The second-order valence-corrected chi connectivity index (χ2v) is 5.91. The first kappa shape index (κ1) is 12.9. The standard InChI is InChI=1S/C12H16O3S/c1-9(2)16(15)8-11-6-4-3-5-10(11)7-12(13)14/h3-6,9H,7-8H2,1-2H3,(H,13,14). The zero-order valence-corrected chi connectivity index (χ0v) is 10.3. The molecule has 0 aliphatic rings. The van der Waals surface area contributed by atoms with Gasteiger partial charge in [0, 0.05) is 21.8 Å². The topological polar surface area (TPSA) is 54.4 Å². The van der Waals surface area contributed by atoms with E-state index in [9.17, 15) is 9.00 Å². The maximum Gasteiger partial charge on any atom is 0.307 e. The molecule has 0 saturated heterocycles. The molecule has 0 aliphatic carbocycles. The van der Waals surface area contributed by atoms with Crippen molar-refractivity contribution in [2.75, 3.05) is 0 Å². The van der Waals surface area contributed by atoms with E-state index in [4.69, 9.17) is 5.11 Å². The van der Waals surface area contributed by atoms with Crippen molar-refractivity contribution in [3.63, 3.8) is 0 Å². The van der Waals surface area contributed by atoms with Gasteiger partial charge < -0.3 is 5.11 Å². The highest BCUT2D eigenvalue weighted by atomic mass is 32.2. The first-order chi connectivity index (χ1) is 7.50. The van der Waals surface area contributed by atoms with Crippen molar-refractivity contribution in [1.29, 1.82) is 0 Å². The smallest absolute Gasteiger partial charge is 0.307 e. The van der Waals surface area contributed by atoms with Crippen LogP contribution >= 0.6 is 0 Å². The molecule has 4 heteroatoms. The van der Waals surface area contributed by atoms with Gasteiger partial charge in [-0.25, -0.2) is 0 Å². The molecule has 0 aromatic heterocycles. The molecule has 0 aliphatic heterocycles. The highest BCUT2D eigenvalue weighted by Crippen LogP contribution is 2.13. The molecular weight excluding hydrogens is 224 g/mol. The van der Waals surface area contributed by atoms with Gasteiger partial charge in [0.25, 0.3) is 0 Å². The Labute approximate surface area is 98.0 Å². The van der Waals surface area contributed by atoms with Crippen LogP contribution in [0.3, 0.4) is 0 Å². The van der Waals surface area contributed by atoms with Gasteiger partial charge in [-0.1, -0.05) is 38.1 Å². The SMILES string of the molecule is CC(C)S(=O)Cc1ccccc1CC(=O)O. The number of carboxylic acid groups (broad SMARTS) is 1. The minimum absolute atomic E-state index is 0.00846. The minimum Gasteiger partial charge on any atom is -0.481 e. The summed E-state index contributed by atoms with van der Waals surface area (Å²) in [6, 6.07) is 7.28. The highest BCUT2D eigenvalue weighted by Gasteiger charge is 2.11. The lowest BCUT2D eigenvalue weighted by molar-refractivity contribution is -0.136. The van der Waals surface area contributed by atoms with Crippen LogP contribution < -0.4 is 0 Å². The molecule has 3 nitrogen and oxygen atoms in total. The van der Waals surface area contributed by atoms with Crippen LogP contribution in [0.5, 0.6) is 0 Å². The van der Waals surface area contributed by atoms with Crippen LogP contribution in [0.25, 0.3) is 0 Å². The van der Waals surface area contributed by atoms with Crippen molar-refractivity contribution >= 4 is 16.8 Å². The van der Waals surface area contributed by atoms with Crippen molar-refractivity contribution in [1.82, 2.24) is 0 Å². The number of aliphatic carboxylic acids is 1. The van der Waals surface area contributed by atoms with E-state index in [-0.39, 0.29) is 11.7 Å². The minimum atomic E-state index is -0.941. The van der Waals surface area contributed by atoms with Gasteiger partial charge in [0.1, 0.15) is 0 Å². The summed E-state index contributed by atoms with van der Waals surface area (Å²) in [6.45, 7) is 3.80. The monoisotopic (exact) mass is 240 g/mol. The van der Waals surface area contributed by atoms with Gasteiger partial charge in [-0.3, -0.25) is 9.00 Å². The van der Waals surface area contributed by atoms with Gasteiger partial charge in [0.05, 0.1) is 6.42 Å². The summed E-state index contributed by atoms with van der Waals surface area (Å²) in [7, 11) is -0.941. The van der Waals surface area contributed by atoms with Gasteiger partial charge in [0.15, 0.2) is 0 Å². The number of carbonyl (C=O) groups is 1. The van der Waals surface area contributed by atoms with Crippen molar-refractivity contribution < 1.29 is 14.1 Å². The third kappa shape index (κ3) is 3.77. The second kappa shape index (κ2) is 5.80. The lowest BCUT2D eigenvalue weighted by Crippen LogP contribution is -2.11. The Morgan fingerprint density at radius 3 is 2.38 bits per heavy atom. The zero-order valence-electron chi connectivity index (χ0n) is 9.47. The van der Waals surface area contributed by atoms with E-state index in [0.717, 1.165) is 11.1 Å². The Bertz CT molecular complexity index is 399. The summed E-state index contributed by atoms with van der Waals surface area (Å²) in [6.07, 6.45) is -0.00846. The normalized spacial score (nSPS) is 12.7. The average molecular weight is 240 g/mol. The molecule has 1 unspecified atom stereocenters. The van der Waals surface area contributed by atoms with Crippen LogP contribution in [0.1, 0.15) is 25.0 Å². The summed E-state index contributed by atoms with van der Waals surface area (Å²) in [4.78, 5) is 10.7. The van der Waals surface area contributed by atoms with Crippen LogP contribution in [-0.2, 0) is 27.8 Å². The summed E-state index contributed by atoms with van der Waals surface area (Å²) >= 11 is 0. The Morgan fingerprint density at radius 1 is 1.31 bits per heavy atom. The fraction of sp³-hybridized carbons (Fsp3) is 0.417. The van der Waals surface area contributed by atoms with E-state index < -0.39 is 16.8 Å².